The van der Waals surface area contributed by atoms with Gasteiger partial charge in [0.25, 0.3) is 0 Å². The van der Waals surface area contributed by atoms with Crippen molar-refractivity contribution < 1.29 is 9.47 Å². The van der Waals surface area contributed by atoms with Crippen LogP contribution in [0.25, 0.3) is 0 Å². The fraction of sp³-hybridized carbons (Fsp3) is 0.667. The largest absolute Gasteiger partial charge is 0.497 e. The minimum atomic E-state index is 0.716. The maximum absolute atomic E-state index is 5.70. The molecule has 0 aliphatic heterocycles. The molecule has 0 radical (unpaired) electrons. The van der Waals surface area contributed by atoms with Crippen molar-refractivity contribution in [3.05, 3.63) is 24.3 Å². The lowest BCUT2D eigenvalue weighted by Gasteiger charge is -2.26. The van der Waals surface area contributed by atoms with Gasteiger partial charge in [-0.25, -0.2) is 0 Å². The van der Waals surface area contributed by atoms with E-state index < -0.39 is 0 Å². The zero-order chi connectivity index (χ0) is 14.9. The summed E-state index contributed by atoms with van der Waals surface area (Å²) in [7, 11) is 1.67. The molecule has 2 unspecified atom stereocenters. The molecular formula is C18H29NO2. The van der Waals surface area contributed by atoms with E-state index in [-0.39, 0.29) is 0 Å². The molecule has 2 atom stereocenters. The summed E-state index contributed by atoms with van der Waals surface area (Å²) in [5.74, 6) is 3.63. The fourth-order valence-corrected chi connectivity index (χ4v) is 3.17. The average molecular weight is 291 g/mol. The number of hydrogen-bond acceptors (Lipinski definition) is 3. The first-order valence-electron chi connectivity index (χ1n) is 8.25. The molecule has 3 nitrogen and oxygen atoms in total. The van der Waals surface area contributed by atoms with Crippen LogP contribution < -0.4 is 14.8 Å². The molecular weight excluding hydrogens is 262 g/mol. The minimum Gasteiger partial charge on any atom is -0.497 e. The summed E-state index contributed by atoms with van der Waals surface area (Å²) in [6.45, 7) is 5.13. The van der Waals surface area contributed by atoms with E-state index >= 15 is 0 Å². The van der Waals surface area contributed by atoms with Crippen molar-refractivity contribution in [3.63, 3.8) is 0 Å². The predicted octanol–water partition coefficient (Wildman–Crippen LogP) is 3.88. The van der Waals surface area contributed by atoms with Crippen LogP contribution in [0.2, 0.25) is 0 Å². The van der Waals surface area contributed by atoms with Crippen LogP contribution in [0.15, 0.2) is 24.3 Å². The summed E-state index contributed by atoms with van der Waals surface area (Å²) in [6.07, 6.45) is 7.01. The smallest absolute Gasteiger partial charge is 0.119 e. The molecule has 0 heterocycles. The Kier molecular flexibility index (Phi) is 6.87. The normalized spacial score (nSPS) is 22.0. The Balaban J connectivity index is 1.51. The maximum atomic E-state index is 5.70. The highest BCUT2D eigenvalue weighted by molar-refractivity contribution is 5.31. The van der Waals surface area contributed by atoms with Crippen molar-refractivity contribution in [2.45, 2.75) is 39.0 Å². The van der Waals surface area contributed by atoms with E-state index in [0.29, 0.717) is 6.61 Å². The first-order chi connectivity index (χ1) is 10.3. The second-order valence-electron chi connectivity index (χ2n) is 6.20. The van der Waals surface area contributed by atoms with E-state index in [9.17, 15) is 0 Å². The molecule has 0 aromatic heterocycles. The highest BCUT2D eigenvalue weighted by Crippen LogP contribution is 2.30. The van der Waals surface area contributed by atoms with E-state index in [4.69, 9.17) is 9.47 Å². The molecule has 118 valence electrons. The van der Waals surface area contributed by atoms with Gasteiger partial charge in [-0.2, -0.15) is 0 Å². The van der Waals surface area contributed by atoms with Gasteiger partial charge in [0, 0.05) is 6.54 Å². The topological polar surface area (TPSA) is 30.5 Å². The average Bonchev–Trinajstić information content (AvgIpc) is 2.51. The standard InChI is InChI=1S/C18H29NO2/c1-15-4-3-5-16(14-15)10-11-19-12-13-21-18-8-6-17(20-2)7-9-18/h6-9,15-16,19H,3-5,10-14H2,1-2H3. The van der Waals surface area contributed by atoms with Crippen LogP contribution in [0.4, 0.5) is 0 Å². The van der Waals surface area contributed by atoms with Gasteiger partial charge >= 0.3 is 0 Å². The lowest BCUT2D eigenvalue weighted by molar-refractivity contribution is 0.263. The van der Waals surface area contributed by atoms with Crippen LogP contribution >= 0.6 is 0 Å². The van der Waals surface area contributed by atoms with Gasteiger partial charge in [0.05, 0.1) is 7.11 Å². The lowest BCUT2D eigenvalue weighted by Crippen LogP contribution is -2.25. The minimum absolute atomic E-state index is 0.716. The number of ether oxygens (including phenoxy) is 2. The Morgan fingerprint density at radius 3 is 2.57 bits per heavy atom. The molecule has 1 aliphatic carbocycles. The third-order valence-electron chi connectivity index (χ3n) is 4.38. The molecule has 1 aromatic carbocycles. The van der Waals surface area contributed by atoms with Gasteiger partial charge in [0.2, 0.25) is 0 Å². The van der Waals surface area contributed by atoms with Gasteiger partial charge in [-0.1, -0.05) is 26.2 Å². The first kappa shape index (κ1) is 16.2. The number of hydrogen-bond donors (Lipinski definition) is 1. The van der Waals surface area contributed by atoms with Crippen LogP contribution in [-0.4, -0.2) is 26.8 Å². The van der Waals surface area contributed by atoms with Gasteiger partial charge < -0.3 is 14.8 Å². The SMILES string of the molecule is COc1ccc(OCCNCCC2CCCC(C)C2)cc1. The quantitative estimate of drug-likeness (QED) is 0.737. The number of methoxy groups -OCH3 is 1. The predicted molar refractivity (Wildman–Crippen MR) is 87.1 cm³/mol. The van der Waals surface area contributed by atoms with Crippen molar-refractivity contribution in [3.8, 4) is 11.5 Å². The molecule has 1 aromatic rings. The first-order valence-corrected chi connectivity index (χ1v) is 8.25. The molecule has 1 fully saturated rings. The van der Waals surface area contributed by atoms with E-state index in [1.54, 1.807) is 7.11 Å². The summed E-state index contributed by atoms with van der Waals surface area (Å²) < 4.78 is 10.8. The van der Waals surface area contributed by atoms with E-state index in [1.165, 1.54) is 32.1 Å². The van der Waals surface area contributed by atoms with Crippen molar-refractivity contribution in [2.24, 2.45) is 11.8 Å². The summed E-state index contributed by atoms with van der Waals surface area (Å²) in [5.41, 5.74) is 0. The molecule has 2 rings (SSSR count). The van der Waals surface area contributed by atoms with Gasteiger partial charge in [0.15, 0.2) is 0 Å². The van der Waals surface area contributed by atoms with Gasteiger partial charge in [-0.3, -0.25) is 0 Å². The van der Waals surface area contributed by atoms with E-state index in [0.717, 1.165) is 36.4 Å². The fourth-order valence-electron chi connectivity index (χ4n) is 3.17. The van der Waals surface area contributed by atoms with E-state index in [2.05, 4.69) is 12.2 Å². The van der Waals surface area contributed by atoms with Crippen LogP contribution in [-0.2, 0) is 0 Å². The molecule has 1 saturated carbocycles. The molecule has 21 heavy (non-hydrogen) atoms. The zero-order valence-corrected chi connectivity index (χ0v) is 13.4. The zero-order valence-electron chi connectivity index (χ0n) is 13.4. The number of rotatable bonds is 8. The summed E-state index contributed by atoms with van der Waals surface area (Å²) in [4.78, 5) is 0. The second-order valence-corrected chi connectivity index (χ2v) is 6.20. The Labute approximate surface area is 129 Å². The summed E-state index contributed by atoms with van der Waals surface area (Å²) in [5, 5.41) is 3.49. The van der Waals surface area contributed by atoms with Crippen LogP contribution in [0.3, 0.4) is 0 Å². The molecule has 3 heteroatoms. The van der Waals surface area contributed by atoms with Crippen molar-refractivity contribution >= 4 is 0 Å². The Bertz CT molecular complexity index is 391. The Morgan fingerprint density at radius 2 is 1.86 bits per heavy atom. The molecule has 1 aliphatic rings. The van der Waals surface area contributed by atoms with Crippen molar-refractivity contribution in [1.29, 1.82) is 0 Å². The summed E-state index contributed by atoms with van der Waals surface area (Å²) in [6, 6.07) is 7.74. The third-order valence-corrected chi connectivity index (χ3v) is 4.38. The van der Waals surface area contributed by atoms with Gasteiger partial charge in [0.1, 0.15) is 18.1 Å². The second kappa shape index (κ2) is 8.93. The maximum Gasteiger partial charge on any atom is 0.119 e. The Morgan fingerprint density at radius 1 is 1.10 bits per heavy atom. The van der Waals surface area contributed by atoms with Crippen LogP contribution in [0.1, 0.15) is 39.0 Å². The van der Waals surface area contributed by atoms with Crippen LogP contribution in [0, 0.1) is 11.8 Å². The Hall–Kier alpha value is -1.22. The monoisotopic (exact) mass is 291 g/mol. The van der Waals surface area contributed by atoms with Gasteiger partial charge in [-0.15, -0.1) is 0 Å². The highest BCUT2D eigenvalue weighted by atomic mass is 16.5. The molecule has 0 amide bonds. The summed E-state index contributed by atoms with van der Waals surface area (Å²) >= 11 is 0. The highest BCUT2D eigenvalue weighted by Gasteiger charge is 2.17. The van der Waals surface area contributed by atoms with Crippen molar-refractivity contribution in [2.75, 3.05) is 26.8 Å². The number of benzene rings is 1. The lowest BCUT2D eigenvalue weighted by atomic mass is 9.81. The molecule has 0 spiro atoms. The number of nitrogens with one attached hydrogen (secondary N) is 1. The van der Waals surface area contributed by atoms with Crippen molar-refractivity contribution in [1.82, 2.24) is 5.32 Å². The molecule has 1 N–H and O–H groups in total. The third kappa shape index (κ3) is 5.96. The molecule has 0 bridgehead atoms. The van der Waals surface area contributed by atoms with Gasteiger partial charge in [-0.05, 0) is 55.5 Å². The van der Waals surface area contributed by atoms with Crippen LogP contribution in [0.5, 0.6) is 11.5 Å². The van der Waals surface area contributed by atoms with E-state index in [1.807, 2.05) is 24.3 Å². The molecule has 0 saturated heterocycles.